The van der Waals surface area contributed by atoms with Crippen molar-refractivity contribution in [3.05, 3.63) is 0 Å². The van der Waals surface area contributed by atoms with E-state index in [-0.39, 0.29) is 6.04 Å². The van der Waals surface area contributed by atoms with Gasteiger partial charge in [-0.05, 0) is 0 Å². The molecule has 2 aliphatic heterocycles. The Labute approximate surface area is 64.7 Å². The summed E-state index contributed by atoms with van der Waals surface area (Å²) in [4.78, 5) is 0.911. The first-order valence-electron chi connectivity index (χ1n) is 3.36. The lowest BCUT2D eigenvalue weighted by Crippen LogP contribution is -2.60. The molecule has 2 fully saturated rings. The number of rotatable bonds is 0. The quantitative estimate of drug-likeness (QED) is 0.317. The van der Waals surface area contributed by atoms with E-state index >= 15 is 0 Å². The standard InChI is InChI=1S/C5H10N4S/c10-5-3-4(7-1-6-3)8-2-9-5/h3-4,6-8H,1-2H2,(H,9,10). The molecule has 0 spiro atoms. The summed E-state index contributed by atoms with van der Waals surface area (Å²) in [5.41, 5.74) is 0. The van der Waals surface area contributed by atoms with Crippen LogP contribution in [0.3, 0.4) is 0 Å². The molecule has 0 aromatic carbocycles. The molecule has 2 atom stereocenters. The van der Waals surface area contributed by atoms with Gasteiger partial charge in [0.25, 0.3) is 0 Å². The number of nitrogens with one attached hydrogen (secondary N) is 4. The Hall–Kier alpha value is -0.230. The van der Waals surface area contributed by atoms with E-state index in [1.165, 1.54) is 0 Å². The zero-order valence-corrected chi connectivity index (χ0v) is 6.29. The molecule has 2 saturated heterocycles. The highest BCUT2D eigenvalue weighted by molar-refractivity contribution is 7.80. The van der Waals surface area contributed by atoms with Crippen molar-refractivity contribution in [2.45, 2.75) is 12.2 Å². The molecule has 0 aliphatic carbocycles. The van der Waals surface area contributed by atoms with Gasteiger partial charge in [0.1, 0.15) is 0 Å². The molecule has 0 aromatic heterocycles. The van der Waals surface area contributed by atoms with Gasteiger partial charge in [0.05, 0.1) is 23.9 Å². The van der Waals surface area contributed by atoms with Gasteiger partial charge in [-0.25, -0.2) is 0 Å². The lowest BCUT2D eigenvalue weighted by molar-refractivity contribution is 0.440. The topological polar surface area (TPSA) is 48.1 Å². The molecule has 4 N–H and O–H groups in total. The Balaban J connectivity index is 2.10. The molecule has 4 nitrogen and oxygen atoms in total. The van der Waals surface area contributed by atoms with E-state index in [1.807, 2.05) is 0 Å². The predicted octanol–water partition coefficient (Wildman–Crippen LogP) is -1.69. The molecule has 0 bridgehead atoms. The molecule has 5 heteroatoms. The van der Waals surface area contributed by atoms with Gasteiger partial charge in [0.15, 0.2) is 0 Å². The average molecular weight is 158 g/mol. The molecule has 56 valence electrons. The van der Waals surface area contributed by atoms with Crippen molar-refractivity contribution in [3.63, 3.8) is 0 Å². The second-order valence-electron chi connectivity index (χ2n) is 2.46. The molecule has 0 saturated carbocycles. The largest absolute Gasteiger partial charge is 0.366 e. The molecule has 2 heterocycles. The van der Waals surface area contributed by atoms with Crippen LogP contribution in [0.1, 0.15) is 0 Å². The van der Waals surface area contributed by atoms with Crippen molar-refractivity contribution < 1.29 is 0 Å². The van der Waals surface area contributed by atoms with E-state index in [1.54, 1.807) is 0 Å². The van der Waals surface area contributed by atoms with Crippen molar-refractivity contribution in [1.82, 2.24) is 21.3 Å². The first-order valence-corrected chi connectivity index (χ1v) is 3.76. The average Bonchev–Trinajstić information content (AvgIpc) is 2.36. The van der Waals surface area contributed by atoms with Crippen LogP contribution in [-0.4, -0.2) is 30.5 Å². The van der Waals surface area contributed by atoms with E-state index in [0.717, 1.165) is 18.3 Å². The molecule has 10 heavy (non-hydrogen) atoms. The van der Waals surface area contributed by atoms with Crippen LogP contribution in [0.5, 0.6) is 0 Å². The fourth-order valence-electron chi connectivity index (χ4n) is 1.31. The van der Waals surface area contributed by atoms with Gasteiger partial charge in [0, 0.05) is 6.67 Å². The van der Waals surface area contributed by atoms with E-state index in [0.29, 0.717) is 6.17 Å². The third-order valence-electron chi connectivity index (χ3n) is 1.84. The van der Waals surface area contributed by atoms with Crippen molar-refractivity contribution in [3.8, 4) is 0 Å². The van der Waals surface area contributed by atoms with Gasteiger partial charge in [-0.3, -0.25) is 16.0 Å². The van der Waals surface area contributed by atoms with Crippen LogP contribution >= 0.6 is 12.2 Å². The summed E-state index contributed by atoms with van der Waals surface area (Å²) >= 11 is 5.09. The highest BCUT2D eigenvalue weighted by Gasteiger charge is 2.31. The van der Waals surface area contributed by atoms with E-state index < -0.39 is 0 Å². The molecule has 2 aliphatic rings. The third-order valence-corrected chi connectivity index (χ3v) is 2.24. The summed E-state index contributed by atoms with van der Waals surface area (Å²) in [7, 11) is 0. The summed E-state index contributed by atoms with van der Waals surface area (Å²) in [6, 6.07) is 0.281. The minimum Gasteiger partial charge on any atom is -0.366 e. The maximum Gasteiger partial charge on any atom is 0.0966 e. The highest BCUT2D eigenvalue weighted by atomic mass is 32.1. The summed E-state index contributed by atoms with van der Waals surface area (Å²) < 4.78 is 0. The van der Waals surface area contributed by atoms with Crippen LogP contribution in [-0.2, 0) is 0 Å². The van der Waals surface area contributed by atoms with Crippen LogP contribution in [0.15, 0.2) is 0 Å². The van der Waals surface area contributed by atoms with Gasteiger partial charge >= 0.3 is 0 Å². The number of fused-ring (bicyclic) bond motifs is 1. The van der Waals surface area contributed by atoms with Gasteiger partial charge in [-0.1, -0.05) is 12.2 Å². The second kappa shape index (κ2) is 2.43. The molecule has 0 amide bonds. The lowest BCUT2D eigenvalue weighted by Gasteiger charge is -2.27. The predicted molar refractivity (Wildman–Crippen MR) is 42.5 cm³/mol. The Morgan fingerprint density at radius 2 is 2.00 bits per heavy atom. The molecule has 2 unspecified atom stereocenters. The molecular formula is C5H10N4S. The molecular weight excluding hydrogens is 148 g/mol. The Morgan fingerprint density at radius 3 is 2.80 bits per heavy atom. The van der Waals surface area contributed by atoms with Crippen molar-refractivity contribution >= 4 is 17.2 Å². The monoisotopic (exact) mass is 158 g/mol. The highest BCUT2D eigenvalue weighted by Crippen LogP contribution is 2.01. The van der Waals surface area contributed by atoms with Gasteiger partial charge in [-0.2, -0.15) is 0 Å². The van der Waals surface area contributed by atoms with Crippen molar-refractivity contribution in [1.29, 1.82) is 0 Å². The van der Waals surface area contributed by atoms with E-state index in [2.05, 4.69) is 21.3 Å². The fraction of sp³-hybridized carbons (Fsp3) is 0.800. The first kappa shape index (κ1) is 6.48. The number of thiocarbonyl (C=S) groups is 1. The van der Waals surface area contributed by atoms with Gasteiger partial charge in [0.2, 0.25) is 0 Å². The number of hydrogen-bond donors (Lipinski definition) is 4. The maximum atomic E-state index is 5.09. The molecule has 2 rings (SSSR count). The third kappa shape index (κ3) is 0.911. The first-order chi connectivity index (χ1) is 4.88. The van der Waals surface area contributed by atoms with Crippen LogP contribution in [0.25, 0.3) is 0 Å². The Bertz CT molecular complexity index is 160. The molecule has 0 radical (unpaired) electrons. The van der Waals surface area contributed by atoms with E-state index in [9.17, 15) is 0 Å². The van der Waals surface area contributed by atoms with Crippen molar-refractivity contribution in [2.24, 2.45) is 0 Å². The fourth-order valence-corrected chi connectivity index (χ4v) is 1.60. The van der Waals surface area contributed by atoms with Gasteiger partial charge in [-0.15, -0.1) is 0 Å². The lowest BCUT2D eigenvalue weighted by atomic mass is 10.2. The summed E-state index contributed by atoms with van der Waals surface area (Å²) in [5.74, 6) is 0. The van der Waals surface area contributed by atoms with E-state index in [4.69, 9.17) is 12.2 Å². The summed E-state index contributed by atoms with van der Waals surface area (Å²) in [5, 5.41) is 12.8. The summed E-state index contributed by atoms with van der Waals surface area (Å²) in [6.07, 6.45) is 0.328. The normalized spacial score (nSPS) is 39.0. The zero-order valence-electron chi connectivity index (χ0n) is 5.48. The van der Waals surface area contributed by atoms with Crippen LogP contribution in [0.4, 0.5) is 0 Å². The maximum absolute atomic E-state index is 5.09. The van der Waals surface area contributed by atoms with Gasteiger partial charge < -0.3 is 5.32 Å². The smallest absolute Gasteiger partial charge is 0.0966 e. The Kier molecular flexibility index (Phi) is 1.57. The summed E-state index contributed by atoms with van der Waals surface area (Å²) in [6.45, 7) is 1.61. The number of hydrogen-bond acceptors (Lipinski definition) is 4. The minimum atomic E-state index is 0.281. The van der Waals surface area contributed by atoms with Crippen LogP contribution in [0.2, 0.25) is 0 Å². The van der Waals surface area contributed by atoms with Crippen molar-refractivity contribution in [2.75, 3.05) is 13.3 Å². The SMILES string of the molecule is S=C1NCNC2NCNC12. The van der Waals surface area contributed by atoms with Crippen LogP contribution in [0, 0.1) is 0 Å². The second-order valence-corrected chi connectivity index (χ2v) is 2.90. The minimum absolute atomic E-state index is 0.281. The Morgan fingerprint density at radius 1 is 1.20 bits per heavy atom. The molecule has 0 aromatic rings. The zero-order chi connectivity index (χ0) is 6.97. The van der Waals surface area contributed by atoms with Crippen LogP contribution < -0.4 is 21.3 Å².